The number of hydrogen-bond donors (Lipinski definition) is 0. The van der Waals surface area contributed by atoms with Crippen LogP contribution < -0.4 is 10.4 Å². The fourth-order valence-electron chi connectivity index (χ4n) is 8.49. The molecule has 0 saturated heterocycles. The van der Waals surface area contributed by atoms with Gasteiger partial charge in [-0.1, -0.05) is 0 Å². The van der Waals surface area contributed by atoms with Gasteiger partial charge in [-0.15, -0.1) is 0 Å². The van der Waals surface area contributed by atoms with Crippen molar-refractivity contribution in [2.75, 3.05) is 0 Å². The van der Waals surface area contributed by atoms with Gasteiger partial charge in [-0.05, 0) is 0 Å². The van der Waals surface area contributed by atoms with Crippen molar-refractivity contribution in [3.63, 3.8) is 0 Å². The molecule has 0 bridgehead atoms. The van der Waals surface area contributed by atoms with Crippen LogP contribution in [0.3, 0.4) is 0 Å². The second-order valence-electron chi connectivity index (χ2n) is 13.1. The number of rotatable bonds is 8. The quantitative estimate of drug-likeness (QED) is 0.159. The van der Waals surface area contributed by atoms with Gasteiger partial charge in [0.15, 0.2) is 0 Å². The molecule has 0 spiro atoms. The molecule has 2 aliphatic carbocycles. The van der Waals surface area contributed by atoms with Crippen LogP contribution >= 0.6 is 17.0 Å². The van der Waals surface area contributed by atoms with E-state index in [4.69, 9.17) is 17.0 Å². The molecule has 0 aliphatic heterocycles. The summed E-state index contributed by atoms with van der Waals surface area (Å²) < 4.78 is 0.0452. The average molecular weight is 715 g/mol. The summed E-state index contributed by atoms with van der Waals surface area (Å²) in [6, 6.07) is 31.5. The Morgan fingerprint density at radius 2 is 0.955 bits per heavy atom. The molecule has 44 heavy (non-hydrogen) atoms. The Bertz CT molecular complexity index is 1740. The van der Waals surface area contributed by atoms with E-state index in [1.54, 1.807) is 0 Å². The van der Waals surface area contributed by atoms with Crippen LogP contribution in [0.15, 0.2) is 96.1 Å². The van der Waals surface area contributed by atoms with Crippen molar-refractivity contribution in [3.05, 3.63) is 141 Å². The molecule has 2 atom stereocenters. The van der Waals surface area contributed by atoms with E-state index in [9.17, 15) is 0 Å². The number of fused-ring (bicyclic) bond motifs is 2. The van der Waals surface area contributed by atoms with Crippen molar-refractivity contribution < 1.29 is 15.0 Å². The Balaban J connectivity index is 1.84. The Kier molecular flexibility index (Phi) is 8.97. The zero-order chi connectivity index (χ0) is 31.2. The number of allylic oxidation sites excluding steroid dienone is 2. The third kappa shape index (κ3) is 5.04. The first-order valence-corrected chi connectivity index (χ1v) is 30.6. The van der Waals surface area contributed by atoms with Crippen LogP contribution in [0.5, 0.6) is 0 Å². The standard InChI is InChI=1S/2C14H17.C12H10Si.2ClH.Zr/c2*1-4-5-12-7-6-11(3)13-8-10(2)9-14(12)13;1-3-7-11(8-4-1)13-12-9-5-2-6-10-12;;;/h2*6-9H,4-5H2,1-3H3;1-10H;2*1H;/q;;;;;+2/p-2. The van der Waals surface area contributed by atoms with Gasteiger partial charge in [0.05, 0.1) is 0 Å². The summed E-state index contributed by atoms with van der Waals surface area (Å²) >= 11 is -5.27. The molecule has 2 aliphatic rings. The first-order chi connectivity index (χ1) is 21.1. The van der Waals surface area contributed by atoms with Crippen molar-refractivity contribution in [2.24, 2.45) is 0 Å². The topological polar surface area (TPSA) is 0 Å². The Morgan fingerprint density at radius 3 is 1.32 bits per heavy atom. The monoisotopic (exact) mass is 712 g/mol. The van der Waals surface area contributed by atoms with E-state index in [0.717, 1.165) is 25.7 Å². The Hall–Kier alpha value is -1.96. The van der Waals surface area contributed by atoms with E-state index < -0.39 is 20.4 Å². The molecule has 226 valence electrons. The van der Waals surface area contributed by atoms with E-state index in [1.165, 1.54) is 66.0 Å². The minimum atomic E-state index is -5.27. The summed E-state index contributed by atoms with van der Waals surface area (Å²) in [7, 11) is 18.1. The second-order valence-corrected chi connectivity index (χ2v) is 48.1. The molecule has 4 aromatic carbocycles. The van der Waals surface area contributed by atoms with Gasteiger partial charge in [-0.2, -0.15) is 0 Å². The van der Waals surface area contributed by atoms with Gasteiger partial charge < -0.3 is 0 Å². The summed E-state index contributed by atoms with van der Waals surface area (Å²) in [5.74, 6) is 0. The zero-order valence-electron chi connectivity index (χ0n) is 27.0. The van der Waals surface area contributed by atoms with Crippen molar-refractivity contribution in [3.8, 4) is 0 Å². The summed E-state index contributed by atoms with van der Waals surface area (Å²) in [5, 5.41) is 2.65. The third-order valence-electron chi connectivity index (χ3n) is 10.1. The van der Waals surface area contributed by atoms with E-state index in [1.807, 2.05) is 0 Å². The minimum absolute atomic E-state index is 0.0226. The predicted molar refractivity (Wildman–Crippen MR) is 193 cm³/mol. The van der Waals surface area contributed by atoms with E-state index in [-0.39, 0.29) is 7.25 Å². The number of halogens is 2. The maximum absolute atomic E-state index is 9.03. The molecule has 0 radical (unpaired) electrons. The van der Waals surface area contributed by atoms with Crippen LogP contribution in [0.25, 0.3) is 12.2 Å². The van der Waals surface area contributed by atoms with Gasteiger partial charge in [0.25, 0.3) is 0 Å². The normalized spacial score (nSPS) is 17.7. The molecule has 0 N–H and O–H groups in total. The second kappa shape index (κ2) is 12.3. The fourth-order valence-corrected chi connectivity index (χ4v) is 55.0. The predicted octanol–water partition coefficient (Wildman–Crippen LogP) is 10.6. The van der Waals surface area contributed by atoms with E-state index >= 15 is 0 Å². The van der Waals surface area contributed by atoms with Crippen LogP contribution in [-0.2, 0) is 27.9 Å². The van der Waals surface area contributed by atoms with Crippen molar-refractivity contribution >= 4 is 45.0 Å². The first-order valence-electron chi connectivity index (χ1n) is 16.3. The number of hydrogen-bond acceptors (Lipinski definition) is 0. The van der Waals surface area contributed by atoms with Crippen molar-refractivity contribution in [1.29, 1.82) is 0 Å². The fraction of sp³-hybridized carbons (Fsp3) is 0.300. The molecule has 0 amide bonds. The Labute approximate surface area is 273 Å². The number of benzene rings is 4. The molecule has 0 saturated carbocycles. The van der Waals surface area contributed by atoms with Gasteiger partial charge in [-0.3, -0.25) is 0 Å². The number of aryl methyl sites for hydroxylation is 4. The van der Waals surface area contributed by atoms with Gasteiger partial charge in [0, 0.05) is 0 Å². The van der Waals surface area contributed by atoms with Crippen molar-refractivity contribution in [2.45, 2.75) is 74.5 Å². The molecule has 0 fully saturated rings. The third-order valence-corrected chi connectivity index (χ3v) is 48.4. The molecule has 2 unspecified atom stereocenters. The molecule has 4 heteroatoms. The van der Waals surface area contributed by atoms with Crippen LogP contribution in [0, 0.1) is 13.8 Å². The van der Waals surface area contributed by atoms with Crippen LogP contribution in [0.1, 0.15) is 92.3 Å². The van der Waals surface area contributed by atoms with Crippen LogP contribution in [-0.4, -0.2) is 5.43 Å². The SMILES string of the molecule is CCCc1ccc(C)c2c1C=C(C)[CH]2[Zr]([Cl])([Cl])([CH]1C(C)=Cc2c(CCC)ccc(C)c21)=[Si](c1ccccc1)c1ccccc1. The van der Waals surface area contributed by atoms with Crippen LogP contribution in [0.4, 0.5) is 0 Å². The van der Waals surface area contributed by atoms with Gasteiger partial charge in [0.1, 0.15) is 0 Å². The van der Waals surface area contributed by atoms with E-state index in [2.05, 4.69) is 139 Å². The molecule has 0 aromatic heterocycles. The molecule has 4 aromatic rings. The average Bonchev–Trinajstić information content (AvgIpc) is 3.57. The maximum atomic E-state index is 9.03. The molecule has 0 heterocycles. The van der Waals surface area contributed by atoms with E-state index in [0.29, 0.717) is 0 Å². The van der Waals surface area contributed by atoms with Crippen molar-refractivity contribution in [1.82, 2.24) is 0 Å². The zero-order valence-corrected chi connectivity index (χ0v) is 31.9. The van der Waals surface area contributed by atoms with Gasteiger partial charge in [-0.25, -0.2) is 0 Å². The Morgan fingerprint density at radius 1 is 0.568 bits per heavy atom. The summed E-state index contributed by atoms with van der Waals surface area (Å²) in [6.45, 7) is 13.8. The van der Waals surface area contributed by atoms with Crippen LogP contribution in [0.2, 0.25) is 0 Å². The van der Waals surface area contributed by atoms with Gasteiger partial charge in [0.2, 0.25) is 0 Å². The summed E-state index contributed by atoms with van der Waals surface area (Å²) in [5.41, 5.74) is 12.1. The summed E-state index contributed by atoms with van der Waals surface area (Å²) in [4.78, 5) is 0. The summed E-state index contributed by atoms with van der Waals surface area (Å²) in [6.07, 6.45) is 9.28. The molecule has 0 nitrogen and oxygen atoms in total. The van der Waals surface area contributed by atoms with Gasteiger partial charge >= 0.3 is 275 Å². The first kappa shape index (κ1) is 32.0. The molecular weight excluding hydrogens is 671 g/mol. The molecule has 6 rings (SSSR count). The molecular formula is C40H44Cl2SiZr.